The van der Waals surface area contributed by atoms with Crippen LogP contribution in [0.15, 0.2) is 66.7 Å². The molecule has 2 N–H and O–H groups in total. The van der Waals surface area contributed by atoms with Gasteiger partial charge in [-0.3, -0.25) is 14.4 Å². The summed E-state index contributed by atoms with van der Waals surface area (Å²) in [4.78, 5) is 38.5. The van der Waals surface area contributed by atoms with Crippen molar-refractivity contribution < 1.29 is 19.1 Å². The fourth-order valence-corrected chi connectivity index (χ4v) is 4.20. The van der Waals surface area contributed by atoms with E-state index in [0.717, 1.165) is 23.4 Å². The van der Waals surface area contributed by atoms with Crippen LogP contribution in [0, 0.1) is 0 Å². The summed E-state index contributed by atoms with van der Waals surface area (Å²) in [5, 5.41) is 5.60. The van der Waals surface area contributed by atoms with Gasteiger partial charge in [-0.15, -0.1) is 0 Å². The van der Waals surface area contributed by atoms with Crippen molar-refractivity contribution in [2.75, 3.05) is 28.7 Å². The van der Waals surface area contributed by atoms with Crippen LogP contribution < -0.4 is 20.3 Å². The average Bonchev–Trinajstić information content (AvgIpc) is 3.27. The smallest absolute Gasteiger partial charge is 0.262 e. The van der Waals surface area contributed by atoms with Gasteiger partial charge < -0.3 is 20.3 Å². The summed E-state index contributed by atoms with van der Waals surface area (Å²) in [6.45, 7) is 0.527. The Morgan fingerprint density at radius 3 is 2.61 bits per heavy atom. The second kappa shape index (κ2) is 8.78. The number of hydrogen-bond acceptors (Lipinski definition) is 4. The molecule has 3 amide bonds. The molecule has 0 saturated carbocycles. The van der Waals surface area contributed by atoms with Crippen LogP contribution in [0.2, 0.25) is 0 Å². The van der Waals surface area contributed by atoms with Crippen LogP contribution in [-0.2, 0) is 22.4 Å². The third kappa shape index (κ3) is 4.43. The monoisotopic (exact) mass is 441 g/mol. The normalized spacial score (nSPS) is 14.2. The van der Waals surface area contributed by atoms with Crippen LogP contribution in [0.5, 0.6) is 5.75 Å². The molecular formula is C26H23N3O4. The molecule has 0 aliphatic carbocycles. The number of carbonyl (C=O) groups is 3. The van der Waals surface area contributed by atoms with Gasteiger partial charge in [0.25, 0.3) is 11.8 Å². The van der Waals surface area contributed by atoms with E-state index in [1.807, 2.05) is 30.3 Å². The molecule has 7 nitrogen and oxygen atoms in total. The van der Waals surface area contributed by atoms with E-state index in [9.17, 15) is 14.4 Å². The van der Waals surface area contributed by atoms with Gasteiger partial charge in [-0.1, -0.05) is 18.2 Å². The van der Waals surface area contributed by atoms with Gasteiger partial charge in [0, 0.05) is 35.6 Å². The molecule has 2 aliphatic rings. The van der Waals surface area contributed by atoms with E-state index >= 15 is 0 Å². The summed E-state index contributed by atoms with van der Waals surface area (Å²) in [5.74, 6) is 0.235. The highest BCUT2D eigenvalue weighted by atomic mass is 16.5. The maximum Gasteiger partial charge on any atom is 0.262 e. The van der Waals surface area contributed by atoms with Gasteiger partial charge in [0.05, 0.1) is 0 Å². The highest BCUT2D eigenvalue weighted by Gasteiger charge is 2.25. The van der Waals surface area contributed by atoms with Gasteiger partial charge >= 0.3 is 0 Å². The van der Waals surface area contributed by atoms with Gasteiger partial charge in [0.15, 0.2) is 6.61 Å². The Morgan fingerprint density at radius 2 is 1.76 bits per heavy atom. The van der Waals surface area contributed by atoms with Crippen molar-refractivity contribution in [1.82, 2.24) is 0 Å². The molecule has 0 fully saturated rings. The minimum Gasteiger partial charge on any atom is -0.484 e. The standard InChI is InChI=1S/C26H23N3O4/c30-24-12-7-19-15-21(10-11-22(19)28-24)33-16-25(31)27-20-8-5-18(6-9-20)26(32)29-14-13-17-3-1-2-4-23(17)29/h1-6,8-11,15H,7,12-14,16H2,(H,27,31)(H,28,30). The van der Waals surface area contributed by atoms with Gasteiger partial charge in [-0.05, 0) is 72.5 Å². The molecule has 7 heteroatoms. The number of para-hydroxylation sites is 1. The number of rotatable bonds is 5. The molecule has 0 bridgehead atoms. The zero-order valence-electron chi connectivity index (χ0n) is 18.0. The average molecular weight is 441 g/mol. The number of nitrogens with zero attached hydrogens (tertiary/aromatic N) is 1. The number of amides is 3. The Labute approximate surface area is 191 Å². The molecule has 0 spiro atoms. The third-order valence-corrected chi connectivity index (χ3v) is 5.89. The molecule has 5 rings (SSSR count). The first-order valence-corrected chi connectivity index (χ1v) is 10.9. The number of fused-ring (bicyclic) bond motifs is 2. The topological polar surface area (TPSA) is 87.7 Å². The summed E-state index contributed by atoms with van der Waals surface area (Å²) < 4.78 is 5.61. The lowest BCUT2D eigenvalue weighted by atomic mass is 10.0. The number of benzene rings is 3. The molecule has 3 aromatic carbocycles. The summed E-state index contributed by atoms with van der Waals surface area (Å²) >= 11 is 0. The summed E-state index contributed by atoms with van der Waals surface area (Å²) in [5.41, 5.74) is 5.08. The lowest BCUT2D eigenvalue weighted by Gasteiger charge is -2.18. The number of aryl methyl sites for hydroxylation is 1. The molecule has 33 heavy (non-hydrogen) atoms. The SMILES string of the molecule is O=C(COc1ccc2c(c1)CCC(=O)N2)Nc1ccc(C(=O)N2CCc3ccccc32)cc1. The van der Waals surface area contributed by atoms with Gasteiger partial charge in [0.2, 0.25) is 5.91 Å². The minimum atomic E-state index is -0.298. The van der Waals surface area contributed by atoms with E-state index in [1.54, 1.807) is 41.3 Å². The van der Waals surface area contributed by atoms with Gasteiger partial charge in [-0.2, -0.15) is 0 Å². The number of hydrogen-bond donors (Lipinski definition) is 2. The van der Waals surface area contributed by atoms with Crippen molar-refractivity contribution >= 4 is 34.8 Å². The Hall–Kier alpha value is -4.13. The Kier molecular flexibility index (Phi) is 5.52. The van der Waals surface area contributed by atoms with Crippen molar-refractivity contribution in [2.24, 2.45) is 0 Å². The first-order valence-electron chi connectivity index (χ1n) is 10.9. The number of nitrogens with one attached hydrogen (secondary N) is 2. The van der Waals surface area contributed by atoms with Crippen LogP contribution in [0.25, 0.3) is 0 Å². The predicted octanol–water partition coefficient (Wildman–Crippen LogP) is 3.79. The molecule has 0 unspecified atom stereocenters. The second-order valence-electron chi connectivity index (χ2n) is 8.12. The molecule has 2 heterocycles. The van der Waals surface area contributed by atoms with Crippen LogP contribution in [0.1, 0.15) is 27.9 Å². The van der Waals surface area contributed by atoms with Crippen molar-refractivity contribution in [1.29, 1.82) is 0 Å². The van der Waals surface area contributed by atoms with Gasteiger partial charge in [-0.25, -0.2) is 0 Å². The maximum atomic E-state index is 12.9. The number of carbonyl (C=O) groups excluding carboxylic acids is 3. The molecule has 166 valence electrons. The third-order valence-electron chi connectivity index (χ3n) is 5.89. The van der Waals surface area contributed by atoms with E-state index < -0.39 is 0 Å². The lowest BCUT2D eigenvalue weighted by Crippen LogP contribution is -2.28. The Balaban J connectivity index is 1.16. The zero-order valence-corrected chi connectivity index (χ0v) is 18.0. The first kappa shape index (κ1) is 20.8. The van der Waals surface area contributed by atoms with Crippen molar-refractivity contribution in [2.45, 2.75) is 19.3 Å². The van der Waals surface area contributed by atoms with Crippen molar-refractivity contribution in [3.05, 3.63) is 83.4 Å². The predicted molar refractivity (Wildman–Crippen MR) is 126 cm³/mol. The summed E-state index contributed by atoms with van der Waals surface area (Å²) in [6.07, 6.45) is 1.95. The fraction of sp³-hybridized carbons (Fsp3) is 0.192. The number of anilines is 3. The summed E-state index contributed by atoms with van der Waals surface area (Å²) in [6, 6.07) is 20.2. The second-order valence-corrected chi connectivity index (χ2v) is 8.12. The quantitative estimate of drug-likeness (QED) is 0.631. The van der Waals surface area contributed by atoms with Crippen LogP contribution in [-0.4, -0.2) is 30.9 Å². The Bertz CT molecular complexity index is 1240. The Morgan fingerprint density at radius 1 is 0.939 bits per heavy atom. The molecule has 0 radical (unpaired) electrons. The van der Waals surface area contributed by atoms with Crippen LogP contribution >= 0.6 is 0 Å². The van der Waals surface area contributed by atoms with Crippen molar-refractivity contribution in [3.63, 3.8) is 0 Å². The molecule has 2 aliphatic heterocycles. The minimum absolute atomic E-state index is 0.00788. The van der Waals surface area contributed by atoms with Crippen LogP contribution in [0.3, 0.4) is 0 Å². The maximum absolute atomic E-state index is 12.9. The molecule has 3 aromatic rings. The molecule has 0 saturated heterocycles. The zero-order chi connectivity index (χ0) is 22.8. The van der Waals surface area contributed by atoms with E-state index in [2.05, 4.69) is 10.6 Å². The lowest BCUT2D eigenvalue weighted by molar-refractivity contribution is -0.118. The number of ether oxygens (including phenoxy) is 1. The largest absolute Gasteiger partial charge is 0.484 e. The highest BCUT2D eigenvalue weighted by Crippen LogP contribution is 2.29. The molecule has 0 atom stereocenters. The van der Waals surface area contributed by atoms with Gasteiger partial charge in [0.1, 0.15) is 5.75 Å². The molecular weight excluding hydrogens is 418 g/mol. The van der Waals surface area contributed by atoms with Crippen LogP contribution in [0.4, 0.5) is 17.1 Å². The first-order chi connectivity index (χ1) is 16.1. The highest BCUT2D eigenvalue weighted by molar-refractivity contribution is 6.07. The van der Waals surface area contributed by atoms with E-state index in [0.29, 0.717) is 36.4 Å². The van der Waals surface area contributed by atoms with E-state index in [4.69, 9.17) is 4.74 Å². The molecule has 0 aromatic heterocycles. The van der Waals surface area contributed by atoms with E-state index in [1.165, 1.54) is 5.56 Å². The van der Waals surface area contributed by atoms with E-state index in [-0.39, 0.29) is 24.3 Å². The fourth-order valence-electron chi connectivity index (χ4n) is 4.20. The van der Waals surface area contributed by atoms with Crippen molar-refractivity contribution in [3.8, 4) is 5.75 Å². The summed E-state index contributed by atoms with van der Waals surface area (Å²) in [7, 11) is 0.